The molecule has 2 rings (SSSR count). The third-order valence-corrected chi connectivity index (χ3v) is 5.09. The molecule has 1 aromatic carbocycles. The van der Waals surface area contributed by atoms with Crippen LogP contribution in [0, 0.1) is 0 Å². The van der Waals surface area contributed by atoms with Gasteiger partial charge in [-0.05, 0) is 31.0 Å². The van der Waals surface area contributed by atoms with Crippen LogP contribution >= 0.6 is 0 Å². The van der Waals surface area contributed by atoms with Gasteiger partial charge in [-0.15, -0.1) is 0 Å². The van der Waals surface area contributed by atoms with E-state index in [1.165, 1.54) is 31.4 Å². The van der Waals surface area contributed by atoms with Crippen LogP contribution in [0.5, 0.6) is 0 Å². The Kier molecular flexibility index (Phi) is 4.97. The lowest BCUT2D eigenvalue weighted by Gasteiger charge is -2.28. The van der Waals surface area contributed by atoms with Gasteiger partial charge in [0.25, 0.3) is 0 Å². The smallest absolute Gasteiger partial charge is 0.337 e. The number of aliphatic hydroxyl groups excluding tert-OH is 1. The first-order valence-electron chi connectivity index (χ1n) is 6.83. The fraction of sp³-hybridized carbons (Fsp3) is 0.500. The standard InChI is InChI=1S/C14H19NO5S/c1-20-14(17)10-5-4-6-11(9-10)21(18,19)15-12-7-2-3-8-13(12)16/h4-6,9,12-13,15-16H,2-3,7-8H2,1H3. The largest absolute Gasteiger partial charge is 0.465 e. The zero-order valence-electron chi connectivity index (χ0n) is 11.8. The molecule has 2 unspecified atom stereocenters. The molecule has 0 amide bonds. The average molecular weight is 313 g/mol. The van der Waals surface area contributed by atoms with E-state index in [0.717, 1.165) is 12.8 Å². The molecule has 1 aromatic rings. The van der Waals surface area contributed by atoms with Gasteiger partial charge in [0.1, 0.15) is 0 Å². The van der Waals surface area contributed by atoms with Crippen molar-refractivity contribution in [3.63, 3.8) is 0 Å². The normalized spacial score (nSPS) is 22.8. The Hall–Kier alpha value is -1.44. The van der Waals surface area contributed by atoms with Crippen molar-refractivity contribution in [1.29, 1.82) is 0 Å². The van der Waals surface area contributed by atoms with Crippen LogP contribution in [-0.4, -0.2) is 38.7 Å². The number of sulfonamides is 1. The predicted octanol–water partition coefficient (Wildman–Crippen LogP) is 1.05. The Balaban J connectivity index is 2.21. The van der Waals surface area contributed by atoms with E-state index in [-0.39, 0.29) is 10.5 Å². The molecule has 0 heterocycles. The SMILES string of the molecule is COC(=O)c1cccc(S(=O)(=O)NC2CCCCC2O)c1. The quantitative estimate of drug-likeness (QED) is 0.811. The summed E-state index contributed by atoms with van der Waals surface area (Å²) in [6.07, 6.45) is 2.31. The lowest BCUT2D eigenvalue weighted by Crippen LogP contribution is -2.44. The van der Waals surface area contributed by atoms with Gasteiger partial charge in [0.2, 0.25) is 10.0 Å². The highest BCUT2D eigenvalue weighted by molar-refractivity contribution is 7.89. The first kappa shape index (κ1) is 15.9. The number of methoxy groups -OCH3 is 1. The summed E-state index contributed by atoms with van der Waals surface area (Å²) in [5.41, 5.74) is 0.171. The molecule has 0 bridgehead atoms. The maximum absolute atomic E-state index is 12.3. The van der Waals surface area contributed by atoms with E-state index in [1.54, 1.807) is 0 Å². The van der Waals surface area contributed by atoms with Gasteiger partial charge in [-0.1, -0.05) is 18.9 Å². The van der Waals surface area contributed by atoms with Crippen molar-refractivity contribution in [2.45, 2.75) is 42.7 Å². The second-order valence-corrected chi connectivity index (χ2v) is 6.81. The van der Waals surface area contributed by atoms with E-state index in [0.29, 0.717) is 12.8 Å². The summed E-state index contributed by atoms with van der Waals surface area (Å²) in [5.74, 6) is -0.593. The summed E-state index contributed by atoms with van der Waals surface area (Å²) < 4.78 is 31.8. The molecular formula is C14H19NO5S. The van der Waals surface area contributed by atoms with Crippen molar-refractivity contribution in [3.05, 3.63) is 29.8 Å². The van der Waals surface area contributed by atoms with E-state index in [2.05, 4.69) is 9.46 Å². The molecule has 6 nitrogen and oxygen atoms in total. The van der Waals surface area contributed by atoms with Gasteiger partial charge in [-0.3, -0.25) is 0 Å². The van der Waals surface area contributed by atoms with Crippen LogP contribution in [0.15, 0.2) is 29.2 Å². The van der Waals surface area contributed by atoms with Crippen molar-refractivity contribution >= 4 is 16.0 Å². The number of hydrogen-bond donors (Lipinski definition) is 2. The number of ether oxygens (including phenoxy) is 1. The zero-order valence-corrected chi connectivity index (χ0v) is 12.6. The number of nitrogens with one attached hydrogen (secondary N) is 1. The lowest BCUT2D eigenvalue weighted by molar-refractivity contribution is 0.0600. The van der Waals surface area contributed by atoms with Crippen molar-refractivity contribution in [1.82, 2.24) is 4.72 Å². The molecule has 1 fully saturated rings. The second-order valence-electron chi connectivity index (χ2n) is 5.10. The summed E-state index contributed by atoms with van der Waals surface area (Å²) in [7, 11) is -2.54. The molecule has 0 spiro atoms. The third-order valence-electron chi connectivity index (χ3n) is 3.60. The number of benzene rings is 1. The van der Waals surface area contributed by atoms with Gasteiger partial charge in [0.15, 0.2) is 0 Å². The van der Waals surface area contributed by atoms with Crippen molar-refractivity contribution in [2.24, 2.45) is 0 Å². The average Bonchev–Trinajstić information content (AvgIpc) is 2.49. The highest BCUT2D eigenvalue weighted by Crippen LogP contribution is 2.21. The van der Waals surface area contributed by atoms with Gasteiger partial charge in [0.05, 0.1) is 23.7 Å². The molecule has 1 aliphatic carbocycles. The maximum Gasteiger partial charge on any atom is 0.337 e. The summed E-state index contributed by atoms with van der Waals surface area (Å²) in [4.78, 5) is 11.4. The summed E-state index contributed by atoms with van der Waals surface area (Å²) in [5, 5.41) is 9.86. The minimum atomic E-state index is -3.77. The monoisotopic (exact) mass is 313 g/mol. The molecule has 116 valence electrons. The first-order chi connectivity index (χ1) is 9.94. The van der Waals surface area contributed by atoms with Crippen LogP contribution in [0.3, 0.4) is 0 Å². The Morgan fingerprint density at radius 1 is 1.33 bits per heavy atom. The number of carbonyl (C=O) groups excluding carboxylic acids is 1. The minimum Gasteiger partial charge on any atom is -0.465 e. The molecule has 1 aliphatic rings. The zero-order chi connectivity index (χ0) is 15.5. The van der Waals surface area contributed by atoms with Crippen LogP contribution in [0.2, 0.25) is 0 Å². The molecule has 0 saturated heterocycles. The lowest BCUT2D eigenvalue weighted by atomic mass is 9.93. The van der Waals surface area contributed by atoms with Crippen molar-refractivity contribution in [3.8, 4) is 0 Å². The van der Waals surface area contributed by atoms with Crippen LogP contribution < -0.4 is 4.72 Å². The van der Waals surface area contributed by atoms with E-state index in [4.69, 9.17) is 0 Å². The Morgan fingerprint density at radius 3 is 2.71 bits per heavy atom. The van der Waals surface area contributed by atoms with E-state index in [9.17, 15) is 18.3 Å². The molecule has 0 aliphatic heterocycles. The molecule has 21 heavy (non-hydrogen) atoms. The van der Waals surface area contributed by atoms with Crippen molar-refractivity contribution in [2.75, 3.05) is 7.11 Å². The van der Waals surface area contributed by atoms with Gasteiger partial charge >= 0.3 is 5.97 Å². The van der Waals surface area contributed by atoms with Crippen molar-refractivity contribution < 1.29 is 23.1 Å². The molecule has 0 aromatic heterocycles. The Labute approximate surface area is 124 Å². The van der Waals surface area contributed by atoms with Gasteiger partial charge in [-0.25, -0.2) is 17.9 Å². The number of carbonyl (C=O) groups is 1. The van der Waals surface area contributed by atoms with Crippen LogP contribution in [-0.2, 0) is 14.8 Å². The number of rotatable bonds is 4. The molecule has 2 atom stereocenters. The van der Waals surface area contributed by atoms with Gasteiger partial charge in [0, 0.05) is 6.04 Å². The molecule has 7 heteroatoms. The topological polar surface area (TPSA) is 92.7 Å². The fourth-order valence-electron chi connectivity index (χ4n) is 2.42. The number of hydrogen-bond acceptors (Lipinski definition) is 5. The van der Waals surface area contributed by atoms with E-state index >= 15 is 0 Å². The summed E-state index contributed by atoms with van der Waals surface area (Å²) in [6, 6.07) is 5.16. The Morgan fingerprint density at radius 2 is 2.05 bits per heavy atom. The maximum atomic E-state index is 12.3. The van der Waals surface area contributed by atoms with Gasteiger partial charge in [-0.2, -0.15) is 0 Å². The highest BCUT2D eigenvalue weighted by Gasteiger charge is 2.28. The van der Waals surface area contributed by atoms with E-state index < -0.39 is 28.1 Å². The van der Waals surface area contributed by atoms with E-state index in [1.807, 2.05) is 0 Å². The van der Waals surface area contributed by atoms with Crippen LogP contribution in [0.1, 0.15) is 36.0 Å². The highest BCUT2D eigenvalue weighted by atomic mass is 32.2. The second kappa shape index (κ2) is 6.55. The molecule has 0 radical (unpaired) electrons. The van der Waals surface area contributed by atoms with Crippen LogP contribution in [0.4, 0.5) is 0 Å². The first-order valence-corrected chi connectivity index (χ1v) is 8.31. The fourth-order valence-corrected chi connectivity index (χ4v) is 3.77. The number of esters is 1. The number of aliphatic hydroxyl groups is 1. The van der Waals surface area contributed by atoms with Crippen LogP contribution in [0.25, 0.3) is 0 Å². The molecular weight excluding hydrogens is 294 g/mol. The molecule has 2 N–H and O–H groups in total. The Bertz CT molecular complexity index is 614. The summed E-state index contributed by atoms with van der Waals surface area (Å²) in [6.45, 7) is 0. The summed E-state index contributed by atoms with van der Waals surface area (Å²) >= 11 is 0. The molecule has 1 saturated carbocycles. The third kappa shape index (κ3) is 3.81. The predicted molar refractivity (Wildman–Crippen MR) is 76.4 cm³/mol. The minimum absolute atomic E-state index is 0.0110. The van der Waals surface area contributed by atoms with Gasteiger partial charge < -0.3 is 9.84 Å².